The summed E-state index contributed by atoms with van der Waals surface area (Å²) in [5, 5.41) is 13.6. The van der Waals surface area contributed by atoms with Gasteiger partial charge < -0.3 is 10.1 Å². The number of ether oxygens (including phenoxy) is 1. The van der Waals surface area contributed by atoms with Gasteiger partial charge in [0.2, 0.25) is 0 Å². The Morgan fingerprint density at radius 1 is 1.22 bits per heavy atom. The van der Waals surface area contributed by atoms with Crippen molar-refractivity contribution < 1.29 is 4.74 Å². The van der Waals surface area contributed by atoms with Crippen molar-refractivity contribution in [1.82, 2.24) is 4.98 Å². The second-order valence-corrected chi connectivity index (χ2v) is 5.78. The number of thioether (sulfide) groups is 1. The quantitative estimate of drug-likeness (QED) is 0.713. The lowest BCUT2D eigenvalue weighted by Gasteiger charge is -2.13. The summed E-state index contributed by atoms with van der Waals surface area (Å²) >= 11 is 1.68. The SMILES string of the molecule is COc1ccc2ncc(C#N)c(Nc3cccc(SC)c3)c2c1. The van der Waals surface area contributed by atoms with E-state index in [1.165, 1.54) is 0 Å². The number of pyridine rings is 1. The second-order valence-electron chi connectivity index (χ2n) is 4.90. The zero-order chi connectivity index (χ0) is 16.2. The van der Waals surface area contributed by atoms with Gasteiger partial charge in [-0.05, 0) is 42.7 Å². The first-order chi connectivity index (χ1) is 11.2. The van der Waals surface area contributed by atoms with Crippen molar-refractivity contribution in [3.63, 3.8) is 0 Å². The molecule has 0 saturated heterocycles. The van der Waals surface area contributed by atoms with Gasteiger partial charge in [0.1, 0.15) is 11.8 Å². The van der Waals surface area contributed by atoms with E-state index in [0.29, 0.717) is 5.56 Å². The third-order valence-corrected chi connectivity index (χ3v) is 4.26. The molecule has 1 aromatic heterocycles. The fourth-order valence-electron chi connectivity index (χ4n) is 2.36. The van der Waals surface area contributed by atoms with Crippen molar-refractivity contribution in [3.8, 4) is 11.8 Å². The summed E-state index contributed by atoms with van der Waals surface area (Å²) in [6.07, 6.45) is 3.63. The maximum atomic E-state index is 9.42. The number of rotatable bonds is 4. The number of benzene rings is 2. The van der Waals surface area contributed by atoms with Gasteiger partial charge in [-0.1, -0.05) is 6.07 Å². The molecule has 4 nitrogen and oxygen atoms in total. The van der Waals surface area contributed by atoms with E-state index in [2.05, 4.69) is 28.5 Å². The van der Waals surface area contributed by atoms with Crippen molar-refractivity contribution in [1.29, 1.82) is 5.26 Å². The van der Waals surface area contributed by atoms with Crippen LogP contribution in [0.2, 0.25) is 0 Å². The number of hydrogen-bond acceptors (Lipinski definition) is 5. The lowest BCUT2D eigenvalue weighted by Crippen LogP contribution is -1.97. The summed E-state index contributed by atoms with van der Waals surface area (Å²) in [7, 11) is 1.62. The fourth-order valence-corrected chi connectivity index (χ4v) is 2.82. The molecule has 3 aromatic rings. The third kappa shape index (κ3) is 3.08. The van der Waals surface area contributed by atoms with E-state index in [4.69, 9.17) is 4.74 Å². The number of nitrogens with one attached hydrogen (secondary N) is 1. The second kappa shape index (κ2) is 6.59. The summed E-state index contributed by atoms with van der Waals surface area (Å²) in [5.74, 6) is 0.732. The van der Waals surface area contributed by atoms with Crippen LogP contribution in [0.15, 0.2) is 53.6 Å². The van der Waals surface area contributed by atoms with Gasteiger partial charge in [-0.15, -0.1) is 11.8 Å². The number of anilines is 2. The van der Waals surface area contributed by atoms with E-state index in [1.54, 1.807) is 25.1 Å². The lowest BCUT2D eigenvalue weighted by atomic mass is 10.1. The van der Waals surface area contributed by atoms with Gasteiger partial charge in [0, 0.05) is 22.2 Å². The Hall–Kier alpha value is -2.71. The first-order valence-corrected chi connectivity index (χ1v) is 8.25. The number of fused-ring (bicyclic) bond motifs is 1. The fraction of sp³-hybridized carbons (Fsp3) is 0.111. The Kier molecular flexibility index (Phi) is 4.35. The Morgan fingerprint density at radius 3 is 2.83 bits per heavy atom. The van der Waals surface area contributed by atoms with Gasteiger partial charge >= 0.3 is 0 Å². The predicted octanol–water partition coefficient (Wildman–Crippen LogP) is 4.58. The summed E-state index contributed by atoms with van der Waals surface area (Å²) in [6.45, 7) is 0. The van der Waals surface area contributed by atoms with Crippen LogP contribution in [0.25, 0.3) is 10.9 Å². The molecule has 0 amide bonds. The summed E-state index contributed by atoms with van der Waals surface area (Å²) in [6, 6.07) is 15.9. The zero-order valence-electron chi connectivity index (χ0n) is 12.8. The molecule has 2 aromatic carbocycles. The van der Waals surface area contributed by atoms with Crippen molar-refractivity contribution in [3.05, 3.63) is 54.2 Å². The molecule has 0 aliphatic carbocycles. The number of nitriles is 1. The average Bonchev–Trinajstić information content (AvgIpc) is 2.61. The third-order valence-electron chi connectivity index (χ3n) is 3.53. The molecule has 1 heterocycles. The average molecular weight is 321 g/mol. The summed E-state index contributed by atoms with van der Waals surface area (Å²) < 4.78 is 5.30. The highest BCUT2D eigenvalue weighted by Crippen LogP contribution is 2.32. The molecule has 0 aliphatic heterocycles. The molecule has 114 valence electrons. The molecule has 0 spiro atoms. The van der Waals surface area contributed by atoms with Gasteiger partial charge in [0.05, 0.1) is 23.9 Å². The van der Waals surface area contributed by atoms with E-state index < -0.39 is 0 Å². The number of methoxy groups -OCH3 is 1. The molecule has 3 rings (SSSR count). The van der Waals surface area contributed by atoms with E-state index in [9.17, 15) is 5.26 Å². The molecule has 0 atom stereocenters. The van der Waals surface area contributed by atoms with Crippen molar-refractivity contribution >= 4 is 34.0 Å². The van der Waals surface area contributed by atoms with E-state index in [1.807, 2.05) is 36.6 Å². The van der Waals surface area contributed by atoms with Crippen LogP contribution in [0.3, 0.4) is 0 Å². The monoisotopic (exact) mass is 321 g/mol. The van der Waals surface area contributed by atoms with Gasteiger partial charge in [0.15, 0.2) is 0 Å². The van der Waals surface area contributed by atoms with Crippen LogP contribution in [-0.4, -0.2) is 18.3 Å². The number of aromatic nitrogens is 1. The van der Waals surface area contributed by atoms with Crippen LogP contribution in [0, 0.1) is 11.3 Å². The summed E-state index contributed by atoms with van der Waals surface area (Å²) in [5.41, 5.74) is 2.99. The first kappa shape index (κ1) is 15.2. The van der Waals surface area contributed by atoms with Crippen LogP contribution in [-0.2, 0) is 0 Å². The van der Waals surface area contributed by atoms with Crippen molar-refractivity contribution in [2.75, 3.05) is 18.7 Å². The molecule has 23 heavy (non-hydrogen) atoms. The van der Waals surface area contributed by atoms with Gasteiger partial charge in [-0.2, -0.15) is 5.26 Å². The van der Waals surface area contributed by atoms with Crippen LogP contribution in [0.5, 0.6) is 5.75 Å². The van der Waals surface area contributed by atoms with Crippen LogP contribution in [0.4, 0.5) is 11.4 Å². The highest BCUT2D eigenvalue weighted by atomic mass is 32.2. The predicted molar refractivity (Wildman–Crippen MR) is 94.5 cm³/mol. The van der Waals surface area contributed by atoms with Crippen LogP contribution < -0.4 is 10.1 Å². The standard InChI is InChI=1S/C18H15N3OS/c1-22-14-6-7-17-16(9-14)18(12(10-19)11-20-17)21-13-4-3-5-15(8-13)23-2/h3-9,11H,1-2H3,(H,20,21). The summed E-state index contributed by atoms with van der Waals surface area (Å²) in [4.78, 5) is 5.50. The normalized spacial score (nSPS) is 10.3. The van der Waals surface area contributed by atoms with Gasteiger partial charge in [-0.25, -0.2) is 0 Å². The van der Waals surface area contributed by atoms with E-state index in [-0.39, 0.29) is 0 Å². The molecule has 0 saturated carbocycles. The highest BCUT2D eigenvalue weighted by Gasteiger charge is 2.10. The van der Waals surface area contributed by atoms with Crippen LogP contribution >= 0.6 is 11.8 Å². The molecule has 0 fully saturated rings. The van der Waals surface area contributed by atoms with Crippen LogP contribution in [0.1, 0.15) is 5.56 Å². The molecule has 0 unspecified atom stereocenters. The maximum Gasteiger partial charge on any atom is 0.119 e. The number of hydrogen-bond donors (Lipinski definition) is 1. The van der Waals surface area contributed by atoms with Gasteiger partial charge in [-0.3, -0.25) is 4.98 Å². The zero-order valence-corrected chi connectivity index (χ0v) is 13.6. The molecule has 1 N–H and O–H groups in total. The molecular weight excluding hydrogens is 306 g/mol. The van der Waals surface area contributed by atoms with E-state index in [0.717, 1.165) is 32.9 Å². The first-order valence-electron chi connectivity index (χ1n) is 7.03. The molecular formula is C18H15N3OS. The Morgan fingerprint density at radius 2 is 2.09 bits per heavy atom. The largest absolute Gasteiger partial charge is 0.497 e. The van der Waals surface area contributed by atoms with Crippen molar-refractivity contribution in [2.24, 2.45) is 0 Å². The molecule has 0 bridgehead atoms. The minimum Gasteiger partial charge on any atom is -0.497 e. The lowest BCUT2D eigenvalue weighted by molar-refractivity contribution is 0.415. The maximum absolute atomic E-state index is 9.42. The van der Waals surface area contributed by atoms with Gasteiger partial charge in [0.25, 0.3) is 0 Å². The Balaban J connectivity index is 2.15. The number of nitrogens with zero attached hydrogens (tertiary/aromatic N) is 2. The smallest absolute Gasteiger partial charge is 0.119 e. The van der Waals surface area contributed by atoms with Crippen molar-refractivity contribution in [2.45, 2.75) is 4.90 Å². The van der Waals surface area contributed by atoms with E-state index >= 15 is 0 Å². The minimum absolute atomic E-state index is 0.500. The Bertz CT molecular complexity index is 902. The minimum atomic E-state index is 0.500. The Labute approximate surface area is 139 Å². The molecule has 0 radical (unpaired) electrons. The topological polar surface area (TPSA) is 57.9 Å². The highest BCUT2D eigenvalue weighted by molar-refractivity contribution is 7.98. The molecule has 0 aliphatic rings. The molecule has 5 heteroatoms.